The minimum atomic E-state index is -0.877. The van der Waals surface area contributed by atoms with Gasteiger partial charge in [0.05, 0.1) is 13.0 Å². The third-order valence-corrected chi connectivity index (χ3v) is 2.60. The van der Waals surface area contributed by atoms with Gasteiger partial charge in [0, 0.05) is 6.42 Å². The lowest BCUT2D eigenvalue weighted by atomic mass is 9.95. The summed E-state index contributed by atoms with van der Waals surface area (Å²) in [6.07, 6.45) is 0.879. The summed E-state index contributed by atoms with van der Waals surface area (Å²) >= 11 is 0. The number of carbonyl (C=O) groups excluding carboxylic acids is 1. The molecule has 1 N–H and O–H groups in total. The molecule has 17 heavy (non-hydrogen) atoms. The zero-order valence-corrected chi connectivity index (χ0v) is 9.76. The highest BCUT2D eigenvalue weighted by Gasteiger charge is 2.19. The molecule has 0 heterocycles. The summed E-state index contributed by atoms with van der Waals surface area (Å²) in [6, 6.07) is 9.39. The fourth-order valence-corrected chi connectivity index (χ4v) is 1.61. The summed E-state index contributed by atoms with van der Waals surface area (Å²) in [7, 11) is 1.30. The molecule has 0 spiro atoms. The Morgan fingerprint density at radius 3 is 2.47 bits per heavy atom. The van der Waals surface area contributed by atoms with E-state index in [0.717, 1.165) is 5.56 Å². The fraction of sp³-hybridized carbons (Fsp3) is 0.385. The zero-order chi connectivity index (χ0) is 12.7. The van der Waals surface area contributed by atoms with Crippen LogP contribution in [-0.4, -0.2) is 24.2 Å². The van der Waals surface area contributed by atoms with Gasteiger partial charge in [-0.3, -0.25) is 9.59 Å². The lowest BCUT2D eigenvalue weighted by Gasteiger charge is -2.11. The maximum atomic E-state index is 11.1. The third-order valence-electron chi connectivity index (χ3n) is 2.60. The fourth-order valence-electron chi connectivity index (χ4n) is 1.61. The van der Waals surface area contributed by atoms with Crippen molar-refractivity contribution in [2.24, 2.45) is 5.92 Å². The predicted molar refractivity (Wildman–Crippen MR) is 62.5 cm³/mol. The van der Waals surface area contributed by atoms with Gasteiger partial charge in [-0.25, -0.2) is 0 Å². The van der Waals surface area contributed by atoms with Crippen molar-refractivity contribution in [2.75, 3.05) is 7.11 Å². The Balaban J connectivity index is 2.55. The van der Waals surface area contributed by atoms with Gasteiger partial charge in [-0.2, -0.15) is 0 Å². The highest BCUT2D eigenvalue weighted by Crippen LogP contribution is 2.15. The van der Waals surface area contributed by atoms with E-state index in [9.17, 15) is 9.59 Å². The molecule has 0 aliphatic carbocycles. The average Bonchev–Trinajstić information content (AvgIpc) is 2.34. The van der Waals surface area contributed by atoms with Crippen LogP contribution in [0.1, 0.15) is 18.4 Å². The number of aliphatic carboxylic acids is 1. The molecule has 0 fully saturated rings. The van der Waals surface area contributed by atoms with Crippen molar-refractivity contribution in [3.63, 3.8) is 0 Å². The van der Waals surface area contributed by atoms with E-state index in [0.29, 0.717) is 12.8 Å². The van der Waals surface area contributed by atoms with Crippen LogP contribution in [-0.2, 0) is 20.7 Å². The number of rotatable bonds is 6. The second-order valence-electron chi connectivity index (χ2n) is 3.84. The number of esters is 1. The van der Waals surface area contributed by atoms with Crippen LogP contribution >= 0.6 is 0 Å². The van der Waals surface area contributed by atoms with Gasteiger partial charge in [-0.1, -0.05) is 30.3 Å². The number of carboxylic acid groups (broad SMARTS) is 1. The van der Waals surface area contributed by atoms with Crippen LogP contribution < -0.4 is 0 Å². The molecule has 4 heteroatoms. The molecule has 1 rings (SSSR count). The average molecular weight is 236 g/mol. The number of hydrogen-bond donors (Lipinski definition) is 1. The van der Waals surface area contributed by atoms with Crippen molar-refractivity contribution in [1.29, 1.82) is 0 Å². The lowest BCUT2D eigenvalue weighted by molar-refractivity contribution is -0.143. The Bertz CT molecular complexity index is 372. The standard InChI is InChI=1S/C13H16O4/c1-17-12(14)8-7-11(13(15)16)9-10-5-3-2-4-6-10/h2-6,11H,7-9H2,1H3,(H,15,16)/t11-/m1/s1. The topological polar surface area (TPSA) is 63.6 Å². The van der Waals surface area contributed by atoms with Gasteiger partial charge in [-0.05, 0) is 18.4 Å². The first-order valence-electron chi connectivity index (χ1n) is 5.47. The van der Waals surface area contributed by atoms with Gasteiger partial charge < -0.3 is 9.84 Å². The first-order chi connectivity index (χ1) is 8.13. The predicted octanol–water partition coefficient (Wildman–Crippen LogP) is 1.88. The maximum Gasteiger partial charge on any atom is 0.306 e. The Kier molecular flexibility index (Phi) is 5.20. The first-order valence-corrected chi connectivity index (χ1v) is 5.47. The normalized spacial score (nSPS) is 11.8. The van der Waals surface area contributed by atoms with Gasteiger partial charge in [0.2, 0.25) is 0 Å². The minimum absolute atomic E-state index is 0.139. The molecule has 0 bridgehead atoms. The van der Waals surface area contributed by atoms with Crippen LogP contribution in [0.5, 0.6) is 0 Å². The highest BCUT2D eigenvalue weighted by atomic mass is 16.5. The molecule has 0 aliphatic heterocycles. The Morgan fingerprint density at radius 1 is 1.29 bits per heavy atom. The van der Waals surface area contributed by atoms with E-state index in [1.165, 1.54) is 7.11 Å². The van der Waals surface area contributed by atoms with Crippen molar-refractivity contribution in [2.45, 2.75) is 19.3 Å². The number of ether oxygens (including phenoxy) is 1. The molecule has 0 unspecified atom stereocenters. The Hall–Kier alpha value is -1.84. The van der Waals surface area contributed by atoms with Crippen LogP contribution in [0.3, 0.4) is 0 Å². The van der Waals surface area contributed by atoms with Crippen LogP contribution in [0.15, 0.2) is 30.3 Å². The molecular weight excluding hydrogens is 220 g/mol. The molecule has 1 atom stereocenters. The molecule has 1 aromatic carbocycles. The second kappa shape index (κ2) is 6.68. The highest BCUT2D eigenvalue weighted by molar-refractivity contribution is 5.73. The number of methoxy groups -OCH3 is 1. The number of carboxylic acids is 1. The van der Waals surface area contributed by atoms with E-state index in [1.807, 2.05) is 30.3 Å². The third kappa shape index (κ3) is 4.68. The van der Waals surface area contributed by atoms with E-state index in [2.05, 4.69) is 4.74 Å². The van der Waals surface area contributed by atoms with Crippen molar-refractivity contribution in [3.8, 4) is 0 Å². The van der Waals surface area contributed by atoms with Crippen LogP contribution in [0.4, 0.5) is 0 Å². The monoisotopic (exact) mass is 236 g/mol. The van der Waals surface area contributed by atoms with E-state index in [1.54, 1.807) is 0 Å². The van der Waals surface area contributed by atoms with Crippen molar-refractivity contribution >= 4 is 11.9 Å². The maximum absolute atomic E-state index is 11.1. The smallest absolute Gasteiger partial charge is 0.306 e. The molecule has 0 saturated heterocycles. The van der Waals surface area contributed by atoms with E-state index in [-0.39, 0.29) is 12.4 Å². The first kappa shape index (κ1) is 13.2. The summed E-state index contributed by atoms with van der Waals surface area (Å²) in [6.45, 7) is 0. The molecule has 92 valence electrons. The van der Waals surface area contributed by atoms with Crippen molar-refractivity contribution < 1.29 is 19.4 Å². The van der Waals surface area contributed by atoms with Crippen LogP contribution in [0, 0.1) is 5.92 Å². The summed E-state index contributed by atoms with van der Waals surface area (Å²) in [4.78, 5) is 22.0. The van der Waals surface area contributed by atoms with E-state index < -0.39 is 11.9 Å². The Labute approximate surface area is 100 Å². The zero-order valence-electron chi connectivity index (χ0n) is 9.76. The molecule has 1 aromatic rings. The molecule has 0 radical (unpaired) electrons. The summed E-state index contributed by atoms with van der Waals surface area (Å²) in [5.41, 5.74) is 0.963. The molecule has 4 nitrogen and oxygen atoms in total. The SMILES string of the molecule is COC(=O)CC[C@H](Cc1ccccc1)C(=O)O. The Morgan fingerprint density at radius 2 is 1.94 bits per heavy atom. The largest absolute Gasteiger partial charge is 0.481 e. The lowest BCUT2D eigenvalue weighted by Crippen LogP contribution is -2.18. The molecule has 0 aromatic heterocycles. The summed E-state index contributed by atoms with van der Waals surface area (Å²) in [5, 5.41) is 9.07. The van der Waals surface area contributed by atoms with E-state index >= 15 is 0 Å². The molecule has 0 amide bonds. The quantitative estimate of drug-likeness (QED) is 0.766. The van der Waals surface area contributed by atoms with Crippen molar-refractivity contribution in [1.82, 2.24) is 0 Å². The van der Waals surface area contributed by atoms with Gasteiger partial charge >= 0.3 is 11.9 Å². The van der Waals surface area contributed by atoms with Gasteiger partial charge in [0.25, 0.3) is 0 Å². The van der Waals surface area contributed by atoms with Crippen LogP contribution in [0.25, 0.3) is 0 Å². The molecule has 0 saturated carbocycles. The molecular formula is C13H16O4. The van der Waals surface area contributed by atoms with Gasteiger partial charge in [0.1, 0.15) is 0 Å². The van der Waals surface area contributed by atoms with Gasteiger partial charge in [-0.15, -0.1) is 0 Å². The number of benzene rings is 1. The second-order valence-corrected chi connectivity index (χ2v) is 3.84. The minimum Gasteiger partial charge on any atom is -0.481 e. The van der Waals surface area contributed by atoms with Crippen molar-refractivity contribution in [3.05, 3.63) is 35.9 Å². The summed E-state index contributed by atoms with van der Waals surface area (Å²) < 4.78 is 4.50. The number of hydrogen-bond acceptors (Lipinski definition) is 3. The van der Waals surface area contributed by atoms with Gasteiger partial charge in [0.15, 0.2) is 0 Å². The summed E-state index contributed by atoms with van der Waals surface area (Å²) in [5.74, 6) is -1.79. The number of carbonyl (C=O) groups is 2. The molecule has 0 aliphatic rings. The van der Waals surface area contributed by atoms with Crippen LogP contribution in [0.2, 0.25) is 0 Å². The van der Waals surface area contributed by atoms with E-state index in [4.69, 9.17) is 5.11 Å².